The van der Waals surface area contributed by atoms with E-state index in [1.54, 1.807) is 0 Å². The van der Waals surface area contributed by atoms with Gasteiger partial charge in [-0.3, -0.25) is 4.79 Å². The summed E-state index contributed by atoms with van der Waals surface area (Å²) in [5.41, 5.74) is 3.33. The molecular weight excluding hydrogens is 240 g/mol. The van der Waals surface area contributed by atoms with Gasteiger partial charge in [-0.1, -0.05) is 12.1 Å². The second-order valence-electron chi connectivity index (χ2n) is 5.39. The third-order valence-electron chi connectivity index (χ3n) is 4.09. The summed E-state index contributed by atoms with van der Waals surface area (Å²) < 4.78 is 5.59. The molecule has 1 saturated heterocycles. The number of anilines is 1. The number of fused-ring (bicyclic) bond motifs is 1. The number of carbonyl (C=O) groups excluding carboxylic acids is 1. The molecule has 2 N–H and O–H groups in total. The van der Waals surface area contributed by atoms with Gasteiger partial charge < -0.3 is 15.4 Å². The number of benzene rings is 1. The summed E-state index contributed by atoms with van der Waals surface area (Å²) in [5.74, 6) is 0.607. The summed E-state index contributed by atoms with van der Waals surface area (Å²) in [6.45, 7) is 1.70. The van der Waals surface area contributed by atoms with Gasteiger partial charge in [-0.05, 0) is 37.1 Å². The van der Waals surface area contributed by atoms with Crippen molar-refractivity contribution in [3.05, 3.63) is 29.3 Å². The summed E-state index contributed by atoms with van der Waals surface area (Å²) in [5, 5.41) is 6.28. The number of rotatable bonds is 3. The lowest BCUT2D eigenvalue weighted by atomic mass is 9.88. The molecule has 0 bridgehead atoms. The molecule has 0 aromatic heterocycles. The van der Waals surface area contributed by atoms with Gasteiger partial charge in [0, 0.05) is 24.3 Å². The molecule has 1 amide bonds. The maximum absolute atomic E-state index is 11.4. The highest BCUT2D eigenvalue weighted by Crippen LogP contribution is 2.32. The van der Waals surface area contributed by atoms with Gasteiger partial charge in [-0.25, -0.2) is 0 Å². The first-order valence-corrected chi connectivity index (χ1v) is 6.95. The minimum atomic E-state index is 0.0918. The second-order valence-corrected chi connectivity index (χ2v) is 5.39. The smallest absolute Gasteiger partial charge is 0.228 e. The number of hydrogen-bond acceptors (Lipinski definition) is 3. The highest BCUT2D eigenvalue weighted by Gasteiger charge is 2.26. The van der Waals surface area contributed by atoms with E-state index in [-0.39, 0.29) is 5.91 Å². The number of amides is 1. The van der Waals surface area contributed by atoms with Crippen LogP contribution in [-0.2, 0) is 16.0 Å². The van der Waals surface area contributed by atoms with Crippen molar-refractivity contribution in [1.82, 2.24) is 5.32 Å². The van der Waals surface area contributed by atoms with Crippen molar-refractivity contribution in [3.8, 4) is 0 Å². The zero-order valence-corrected chi connectivity index (χ0v) is 11.2. The van der Waals surface area contributed by atoms with E-state index in [0.29, 0.717) is 18.4 Å². The van der Waals surface area contributed by atoms with E-state index < -0.39 is 0 Å². The van der Waals surface area contributed by atoms with Crippen molar-refractivity contribution in [1.29, 1.82) is 0 Å². The lowest BCUT2D eigenvalue weighted by molar-refractivity contribution is -0.115. The lowest BCUT2D eigenvalue weighted by Crippen LogP contribution is -2.31. The molecule has 102 valence electrons. The molecule has 0 aliphatic carbocycles. The third-order valence-corrected chi connectivity index (χ3v) is 4.09. The minimum Gasteiger partial charge on any atom is -0.381 e. The third kappa shape index (κ3) is 2.51. The van der Waals surface area contributed by atoms with Crippen LogP contribution < -0.4 is 10.6 Å². The molecule has 1 fully saturated rings. The molecule has 1 aromatic carbocycles. The van der Waals surface area contributed by atoms with Crippen LogP contribution in [0.15, 0.2) is 18.2 Å². The van der Waals surface area contributed by atoms with Gasteiger partial charge in [0.25, 0.3) is 0 Å². The highest BCUT2D eigenvalue weighted by atomic mass is 16.5. The highest BCUT2D eigenvalue weighted by molar-refractivity contribution is 5.99. The summed E-state index contributed by atoms with van der Waals surface area (Å²) in [6.07, 6.45) is 2.83. The fourth-order valence-electron chi connectivity index (χ4n) is 3.15. The lowest BCUT2D eigenvalue weighted by Gasteiger charge is -2.30. The van der Waals surface area contributed by atoms with E-state index in [1.165, 1.54) is 12.0 Å². The molecule has 1 aromatic rings. The van der Waals surface area contributed by atoms with Crippen molar-refractivity contribution in [3.63, 3.8) is 0 Å². The monoisotopic (exact) mass is 260 g/mol. The van der Waals surface area contributed by atoms with Gasteiger partial charge in [0.2, 0.25) is 5.91 Å². The molecule has 3 rings (SSSR count). The molecule has 0 radical (unpaired) electrons. The minimum absolute atomic E-state index is 0.0918. The SMILES string of the molecule is CNC(c1ccc2c(c1)CC(=O)N2)C1CCCOC1. The van der Waals surface area contributed by atoms with E-state index in [1.807, 2.05) is 13.1 Å². The van der Waals surface area contributed by atoms with Gasteiger partial charge in [0.05, 0.1) is 13.0 Å². The van der Waals surface area contributed by atoms with Crippen LogP contribution in [0.25, 0.3) is 0 Å². The van der Waals surface area contributed by atoms with Crippen LogP contribution in [0.1, 0.15) is 30.0 Å². The van der Waals surface area contributed by atoms with E-state index in [2.05, 4.69) is 22.8 Å². The van der Waals surface area contributed by atoms with Crippen LogP contribution in [0.2, 0.25) is 0 Å². The topological polar surface area (TPSA) is 50.4 Å². The zero-order chi connectivity index (χ0) is 13.2. The Bertz CT molecular complexity index is 481. The van der Waals surface area contributed by atoms with Crippen LogP contribution >= 0.6 is 0 Å². The normalized spacial score (nSPS) is 23.8. The van der Waals surface area contributed by atoms with Crippen molar-refractivity contribution in [2.45, 2.75) is 25.3 Å². The average Bonchev–Trinajstić information content (AvgIpc) is 2.80. The van der Waals surface area contributed by atoms with Crippen LogP contribution in [0, 0.1) is 5.92 Å². The zero-order valence-electron chi connectivity index (χ0n) is 11.2. The predicted molar refractivity (Wildman–Crippen MR) is 74.1 cm³/mol. The van der Waals surface area contributed by atoms with Gasteiger partial charge in [-0.15, -0.1) is 0 Å². The van der Waals surface area contributed by atoms with Crippen LogP contribution in [0.3, 0.4) is 0 Å². The first-order valence-electron chi connectivity index (χ1n) is 6.95. The molecule has 4 nitrogen and oxygen atoms in total. The number of carbonyl (C=O) groups is 1. The standard InChI is InChI=1S/C15H20N2O2/c1-16-15(11-3-2-6-19-9-11)10-4-5-13-12(7-10)8-14(18)17-13/h4-5,7,11,15-16H,2-3,6,8-9H2,1H3,(H,17,18). The Morgan fingerprint density at radius 1 is 1.47 bits per heavy atom. The molecule has 2 heterocycles. The van der Waals surface area contributed by atoms with Gasteiger partial charge >= 0.3 is 0 Å². The number of nitrogens with one attached hydrogen (secondary N) is 2. The van der Waals surface area contributed by atoms with Gasteiger partial charge in [0.15, 0.2) is 0 Å². The van der Waals surface area contributed by atoms with Crippen molar-refractivity contribution < 1.29 is 9.53 Å². The Morgan fingerprint density at radius 2 is 2.37 bits per heavy atom. The summed E-state index contributed by atoms with van der Waals surface area (Å²) in [7, 11) is 2.00. The quantitative estimate of drug-likeness (QED) is 0.872. The molecule has 2 unspecified atom stereocenters. The number of ether oxygens (including phenoxy) is 1. The first-order chi connectivity index (χ1) is 9.28. The molecule has 2 atom stereocenters. The first kappa shape index (κ1) is 12.6. The molecule has 0 saturated carbocycles. The van der Waals surface area contributed by atoms with E-state index >= 15 is 0 Å². The van der Waals surface area contributed by atoms with E-state index in [4.69, 9.17) is 4.74 Å². The average molecular weight is 260 g/mol. The molecule has 2 aliphatic rings. The van der Waals surface area contributed by atoms with Crippen molar-refractivity contribution in [2.75, 3.05) is 25.6 Å². The Kier molecular flexibility index (Phi) is 3.53. The van der Waals surface area contributed by atoms with E-state index in [9.17, 15) is 4.79 Å². The Hall–Kier alpha value is -1.39. The van der Waals surface area contributed by atoms with Crippen molar-refractivity contribution >= 4 is 11.6 Å². The van der Waals surface area contributed by atoms with E-state index in [0.717, 1.165) is 30.9 Å². The van der Waals surface area contributed by atoms with Crippen LogP contribution in [0.5, 0.6) is 0 Å². The van der Waals surface area contributed by atoms with Gasteiger partial charge in [-0.2, -0.15) is 0 Å². The van der Waals surface area contributed by atoms with Gasteiger partial charge in [0.1, 0.15) is 0 Å². The van der Waals surface area contributed by atoms with Crippen LogP contribution in [-0.4, -0.2) is 26.2 Å². The molecule has 4 heteroatoms. The predicted octanol–water partition coefficient (Wildman–Crippen LogP) is 1.87. The summed E-state index contributed by atoms with van der Waals surface area (Å²) >= 11 is 0. The Labute approximate surface area is 113 Å². The van der Waals surface area contributed by atoms with Crippen molar-refractivity contribution in [2.24, 2.45) is 5.92 Å². The Balaban J connectivity index is 1.83. The number of hydrogen-bond donors (Lipinski definition) is 2. The maximum atomic E-state index is 11.4. The fourth-order valence-corrected chi connectivity index (χ4v) is 3.15. The summed E-state index contributed by atoms with van der Waals surface area (Å²) in [4.78, 5) is 11.4. The van der Waals surface area contributed by atoms with Crippen LogP contribution in [0.4, 0.5) is 5.69 Å². The fraction of sp³-hybridized carbons (Fsp3) is 0.533. The maximum Gasteiger partial charge on any atom is 0.228 e. The molecule has 19 heavy (non-hydrogen) atoms. The second kappa shape index (κ2) is 5.31. The molecule has 2 aliphatic heterocycles. The molecular formula is C15H20N2O2. The Morgan fingerprint density at radius 3 is 3.11 bits per heavy atom. The summed E-state index contributed by atoms with van der Waals surface area (Å²) in [6, 6.07) is 6.59. The molecule has 0 spiro atoms. The largest absolute Gasteiger partial charge is 0.381 e.